The second-order valence-electron chi connectivity index (χ2n) is 7.16. The lowest BCUT2D eigenvalue weighted by molar-refractivity contribution is -0.126. The van der Waals surface area contributed by atoms with E-state index in [-0.39, 0.29) is 41.5 Å². The van der Waals surface area contributed by atoms with Crippen molar-refractivity contribution in [3.8, 4) is 0 Å². The minimum Gasteiger partial charge on any atom is -0.349 e. The summed E-state index contributed by atoms with van der Waals surface area (Å²) in [7, 11) is -6.94. The first-order valence-corrected chi connectivity index (χ1v) is 12.3. The van der Waals surface area contributed by atoms with Crippen LogP contribution in [0.25, 0.3) is 0 Å². The van der Waals surface area contributed by atoms with Gasteiger partial charge in [-0.2, -0.15) is 4.31 Å². The maximum absolute atomic E-state index is 12.8. The summed E-state index contributed by atoms with van der Waals surface area (Å²) in [6.45, 7) is 1.77. The molecule has 2 aliphatic heterocycles. The van der Waals surface area contributed by atoms with Crippen LogP contribution in [0.4, 0.5) is 5.69 Å². The van der Waals surface area contributed by atoms with Crippen molar-refractivity contribution in [3.63, 3.8) is 0 Å². The number of hydrogen-bond acceptors (Lipinski definition) is 6. The third kappa shape index (κ3) is 5.22. The van der Waals surface area contributed by atoms with E-state index in [1.165, 1.54) is 41.6 Å². The highest BCUT2D eigenvalue weighted by Crippen LogP contribution is 2.25. The van der Waals surface area contributed by atoms with Gasteiger partial charge in [0.2, 0.25) is 21.8 Å². The summed E-state index contributed by atoms with van der Waals surface area (Å²) in [4.78, 5) is 23.6. The molecule has 3 rings (SSSR count). The van der Waals surface area contributed by atoms with Crippen molar-refractivity contribution >= 4 is 37.4 Å². The van der Waals surface area contributed by atoms with Gasteiger partial charge in [-0.15, -0.1) is 0 Å². The number of anilines is 1. The Morgan fingerprint density at radius 2 is 1.72 bits per heavy atom. The van der Waals surface area contributed by atoms with Gasteiger partial charge in [0.25, 0.3) is 0 Å². The molecule has 1 fully saturated rings. The van der Waals surface area contributed by atoms with E-state index in [2.05, 4.69) is 10.6 Å². The minimum atomic E-state index is -3.70. The summed E-state index contributed by atoms with van der Waals surface area (Å²) >= 11 is 0. The predicted octanol–water partition coefficient (Wildman–Crippen LogP) is 0.473. The van der Waals surface area contributed by atoms with E-state index in [4.69, 9.17) is 0 Å². The molecule has 1 aromatic rings. The Hall–Kier alpha value is -2.24. The molecule has 0 radical (unpaired) electrons. The topological polar surface area (TPSA) is 130 Å². The molecule has 0 unspecified atom stereocenters. The van der Waals surface area contributed by atoms with Crippen LogP contribution in [0.3, 0.4) is 0 Å². The number of sulfonamides is 1. The highest BCUT2D eigenvalue weighted by Gasteiger charge is 2.33. The average Bonchev–Trinajstić information content (AvgIpc) is 3.00. The third-order valence-corrected chi connectivity index (χ3v) is 8.20. The SMILES string of the molecule is CC(=O)Nc1ccc(S(=O)(=O)N2CCC(C(=O)N[C@@H]3C=CS(=O)(=O)C3)CC2)cc1. The van der Waals surface area contributed by atoms with Crippen molar-refractivity contribution in [1.82, 2.24) is 9.62 Å². The van der Waals surface area contributed by atoms with Crippen LogP contribution in [0.5, 0.6) is 0 Å². The van der Waals surface area contributed by atoms with Crippen LogP contribution >= 0.6 is 0 Å². The fourth-order valence-corrected chi connectivity index (χ4v) is 6.09. The Morgan fingerprint density at radius 3 is 2.24 bits per heavy atom. The fourth-order valence-electron chi connectivity index (χ4n) is 3.39. The lowest BCUT2D eigenvalue weighted by atomic mass is 9.97. The molecule has 0 aromatic heterocycles. The van der Waals surface area contributed by atoms with Crippen molar-refractivity contribution in [2.75, 3.05) is 24.2 Å². The Bertz CT molecular complexity index is 1020. The monoisotopic (exact) mass is 441 g/mol. The van der Waals surface area contributed by atoms with Gasteiger partial charge in [0, 0.05) is 37.0 Å². The van der Waals surface area contributed by atoms with Crippen LogP contribution in [-0.2, 0) is 29.4 Å². The molecular weight excluding hydrogens is 418 g/mol. The second kappa shape index (κ2) is 8.25. The molecule has 2 N–H and O–H groups in total. The van der Waals surface area contributed by atoms with Gasteiger partial charge in [-0.05, 0) is 43.2 Å². The largest absolute Gasteiger partial charge is 0.349 e. The average molecular weight is 442 g/mol. The van der Waals surface area contributed by atoms with Gasteiger partial charge in [0.15, 0.2) is 9.84 Å². The summed E-state index contributed by atoms with van der Waals surface area (Å²) in [6.07, 6.45) is 2.17. The molecule has 2 amide bonds. The quantitative estimate of drug-likeness (QED) is 0.683. The molecule has 1 atom stereocenters. The molecule has 0 bridgehead atoms. The summed E-state index contributed by atoms with van der Waals surface area (Å²) < 4.78 is 49.8. The summed E-state index contributed by atoms with van der Waals surface area (Å²) in [5, 5.41) is 6.39. The molecule has 0 saturated carbocycles. The Morgan fingerprint density at radius 1 is 1.10 bits per heavy atom. The molecule has 0 spiro atoms. The number of piperidine rings is 1. The van der Waals surface area contributed by atoms with Crippen molar-refractivity contribution in [2.45, 2.75) is 30.7 Å². The number of sulfone groups is 1. The first-order valence-electron chi connectivity index (χ1n) is 9.16. The molecule has 11 heteroatoms. The Labute approximate surface area is 170 Å². The number of carbonyl (C=O) groups excluding carboxylic acids is 2. The molecule has 9 nitrogen and oxygen atoms in total. The maximum atomic E-state index is 12.8. The highest BCUT2D eigenvalue weighted by atomic mass is 32.2. The van der Waals surface area contributed by atoms with Gasteiger partial charge in [-0.1, -0.05) is 0 Å². The van der Waals surface area contributed by atoms with Crippen LogP contribution < -0.4 is 10.6 Å². The van der Waals surface area contributed by atoms with E-state index >= 15 is 0 Å². The standard InChI is InChI=1S/C18H23N3O6S2/c1-13(22)19-15-2-4-17(5-3-15)29(26,27)21-9-6-14(7-10-21)18(23)20-16-8-11-28(24,25)12-16/h2-5,8,11,14,16H,6-7,9-10,12H2,1H3,(H,19,22)(H,20,23)/t16-/m1/s1. The first-order chi connectivity index (χ1) is 13.6. The zero-order valence-electron chi connectivity index (χ0n) is 15.9. The van der Waals surface area contributed by atoms with Gasteiger partial charge in [0.05, 0.1) is 16.7 Å². The molecular formula is C18H23N3O6S2. The molecule has 1 aromatic carbocycles. The molecule has 2 aliphatic rings. The minimum absolute atomic E-state index is 0.121. The molecule has 1 saturated heterocycles. The number of nitrogens with zero attached hydrogens (tertiary/aromatic N) is 1. The molecule has 0 aliphatic carbocycles. The Balaban J connectivity index is 1.57. The maximum Gasteiger partial charge on any atom is 0.243 e. The highest BCUT2D eigenvalue weighted by molar-refractivity contribution is 7.94. The van der Waals surface area contributed by atoms with Crippen LogP contribution in [-0.4, -0.2) is 57.8 Å². The van der Waals surface area contributed by atoms with Gasteiger partial charge in [0.1, 0.15) is 0 Å². The summed E-state index contributed by atoms with van der Waals surface area (Å²) in [5.41, 5.74) is 0.509. The lowest BCUT2D eigenvalue weighted by Gasteiger charge is -2.31. The van der Waals surface area contributed by atoms with Gasteiger partial charge < -0.3 is 10.6 Å². The van der Waals surface area contributed by atoms with Crippen LogP contribution in [0.15, 0.2) is 40.6 Å². The number of carbonyl (C=O) groups is 2. The van der Waals surface area contributed by atoms with Crippen molar-refractivity contribution in [2.24, 2.45) is 5.92 Å². The third-order valence-electron chi connectivity index (χ3n) is 4.89. The van der Waals surface area contributed by atoms with Crippen molar-refractivity contribution in [1.29, 1.82) is 0 Å². The zero-order chi connectivity index (χ0) is 21.2. The van der Waals surface area contributed by atoms with E-state index in [9.17, 15) is 26.4 Å². The molecule has 158 valence electrons. The lowest BCUT2D eigenvalue weighted by Crippen LogP contribution is -2.45. The molecule has 29 heavy (non-hydrogen) atoms. The zero-order valence-corrected chi connectivity index (χ0v) is 17.5. The van der Waals surface area contributed by atoms with E-state index in [1.54, 1.807) is 0 Å². The van der Waals surface area contributed by atoms with E-state index in [1.807, 2.05) is 0 Å². The normalized spacial score (nSPS) is 22.3. The Kier molecular flexibility index (Phi) is 6.11. The first kappa shape index (κ1) is 21.5. The van der Waals surface area contributed by atoms with Gasteiger partial charge >= 0.3 is 0 Å². The predicted molar refractivity (Wildman–Crippen MR) is 107 cm³/mol. The number of nitrogens with one attached hydrogen (secondary N) is 2. The van der Waals surface area contributed by atoms with Crippen molar-refractivity contribution < 1.29 is 26.4 Å². The molecule has 2 heterocycles. The van der Waals surface area contributed by atoms with Gasteiger partial charge in [-0.3, -0.25) is 9.59 Å². The number of amides is 2. The van der Waals surface area contributed by atoms with Crippen LogP contribution in [0.1, 0.15) is 19.8 Å². The van der Waals surface area contributed by atoms with E-state index in [0.717, 1.165) is 5.41 Å². The number of benzene rings is 1. The van der Waals surface area contributed by atoms with E-state index in [0.29, 0.717) is 18.5 Å². The van der Waals surface area contributed by atoms with Crippen molar-refractivity contribution in [3.05, 3.63) is 35.7 Å². The number of rotatable bonds is 5. The second-order valence-corrected chi connectivity index (χ2v) is 11.0. The van der Waals surface area contributed by atoms with Crippen LogP contribution in [0.2, 0.25) is 0 Å². The van der Waals surface area contributed by atoms with Gasteiger partial charge in [-0.25, -0.2) is 16.8 Å². The number of hydrogen-bond donors (Lipinski definition) is 2. The van der Waals surface area contributed by atoms with Crippen LogP contribution in [0, 0.1) is 5.92 Å². The summed E-state index contributed by atoms with van der Waals surface area (Å²) in [5.74, 6) is -0.999. The van der Waals surface area contributed by atoms with E-state index < -0.39 is 25.9 Å². The summed E-state index contributed by atoms with van der Waals surface area (Å²) in [6, 6.07) is 5.39. The smallest absolute Gasteiger partial charge is 0.243 e. The fraction of sp³-hybridized carbons (Fsp3) is 0.444.